The van der Waals surface area contributed by atoms with E-state index in [1.165, 1.54) is 16.3 Å². The van der Waals surface area contributed by atoms with E-state index in [9.17, 15) is 13.2 Å². The molecule has 0 radical (unpaired) electrons. The lowest BCUT2D eigenvalue weighted by atomic mass is 10.1. The van der Waals surface area contributed by atoms with Crippen molar-refractivity contribution in [2.75, 3.05) is 24.7 Å². The van der Waals surface area contributed by atoms with Crippen LogP contribution in [-0.2, 0) is 16.6 Å². The van der Waals surface area contributed by atoms with Crippen LogP contribution in [0, 0.1) is 13.8 Å². The van der Waals surface area contributed by atoms with E-state index in [2.05, 4.69) is 10.1 Å². The lowest BCUT2D eigenvalue weighted by Gasteiger charge is -2.20. The van der Waals surface area contributed by atoms with Gasteiger partial charge in [-0.2, -0.15) is 4.98 Å². The van der Waals surface area contributed by atoms with Crippen LogP contribution in [-0.4, -0.2) is 49.7 Å². The topological polar surface area (TPSA) is 96.6 Å². The van der Waals surface area contributed by atoms with Crippen LogP contribution in [0.4, 0.5) is 5.69 Å². The van der Waals surface area contributed by atoms with Gasteiger partial charge >= 0.3 is 0 Å². The van der Waals surface area contributed by atoms with Crippen LogP contribution in [0.15, 0.2) is 47.0 Å². The molecule has 0 saturated heterocycles. The molecule has 8 nitrogen and oxygen atoms in total. The minimum Gasteiger partial charge on any atom is -0.337 e. The van der Waals surface area contributed by atoms with E-state index >= 15 is 0 Å². The molecule has 30 heavy (non-hydrogen) atoms. The van der Waals surface area contributed by atoms with Crippen molar-refractivity contribution < 1.29 is 17.7 Å². The number of amides is 1. The standard InChI is InChI=1S/C21H24N4O4S/c1-14-7-6-8-16(11-14)20-22-19(29-23-20)13-24(3)21(26)17-9-10-18(15(2)12-17)25(4)30(5,27)28/h6-12H,13H2,1-5H3. The number of hydrogen-bond acceptors (Lipinski definition) is 6. The van der Waals surface area contributed by atoms with Gasteiger partial charge in [0, 0.05) is 25.2 Å². The number of rotatable bonds is 6. The Hall–Kier alpha value is -3.20. The zero-order valence-electron chi connectivity index (χ0n) is 17.6. The summed E-state index contributed by atoms with van der Waals surface area (Å²) in [6.07, 6.45) is 1.13. The van der Waals surface area contributed by atoms with Crippen molar-refractivity contribution in [1.82, 2.24) is 15.0 Å². The summed E-state index contributed by atoms with van der Waals surface area (Å²) >= 11 is 0. The number of aryl methyl sites for hydroxylation is 2. The second-order valence-electron chi connectivity index (χ2n) is 7.27. The predicted molar refractivity (Wildman–Crippen MR) is 115 cm³/mol. The van der Waals surface area contributed by atoms with E-state index in [1.807, 2.05) is 31.2 Å². The number of anilines is 1. The van der Waals surface area contributed by atoms with Crippen LogP contribution in [0.5, 0.6) is 0 Å². The molecule has 0 aliphatic rings. The fourth-order valence-electron chi connectivity index (χ4n) is 3.04. The monoisotopic (exact) mass is 428 g/mol. The SMILES string of the molecule is Cc1cccc(-c2noc(CN(C)C(=O)c3ccc(N(C)S(C)(=O)=O)c(C)c3)n2)c1. The smallest absolute Gasteiger partial charge is 0.254 e. The van der Waals surface area contributed by atoms with Crippen LogP contribution in [0.2, 0.25) is 0 Å². The minimum absolute atomic E-state index is 0.154. The van der Waals surface area contributed by atoms with E-state index in [4.69, 9.17) is 4.52 Å². The Bertz CT molecular complexity index is 1190. The first-order valence-corrected chi connectivity index (χ1v) is 11.1. The molecule has 0 spiro atoms. The molecule has 0 unspecified atom stereocenters. The Kier molecular flexibility index (Phi) is 5.93. The molecule has 1 amide bonds. The van der Waals surface area contributed by atoms with Gasteiger partial charge in [-0.1, -0.05) is 28.9 Å². The number of aromatic nitrogens is 2. The lowest BCUT2D eigenvalue weighted by Crippen LogP contribution is -2.27. The van der Waals surface area contributed by atoms with Crippen molar-refractivity contribution in [3.8, 4) is 11.4 Å². The number of benzene rings is 2. The van der Waals surface area contributed by atoms with Gasteiger partial charge in [-0.15, -0.1) is 0 Å². The molecule has 0 atom stereocenters. The molecule has 3 aromatic rings. The molecule has 1 aromatic heterocycles. The van der Waals surface area contributed by atoms with Gasteiger partial charge < -0.3 is 9.42 Å². The van der Waals surface area contributed by atoms with E-state index < -0.39 is 10.0 Å². The fraction of sp³-hybridized carbons (Fsp3) is 0.286. The summed E-state index contributed by atoms with van der Waals surface area (Å²) in [5.74, 6) is 0.563. The zero-order valence-corrected chi connectivity index (χ0v) is 18.4. The number of hydrogen-bond donors (Lipinski definition) is 0. The molecule has 1 heterocycles. The average Bonchev–Trinajstić information content (AvgIpc) is 3.14. The second-order valence-corrected chi connectivity index (χ2v) is 9.29. The van der Waals surface area contributed by atoms with E-state index in [0.717, 1.165) is 17.4 Å². The Morgan fingerprint density at radius 1 is 1.10 bits per heavy atom. The molecular formula is C21H24N4O4S. The summed E-state index contributed by atoms with van der Waals surface area (Å²) in [5, 5.41) is 3.99. The quantitative estimate of drug-likeness (QED) is 0.599. The number of carbonyl (C=O) groups excluding carboxylic acids is 1. The van der Waals surface area contributed by atoms with Gasteiger partial charge in [0.2, 0.25) is 21.7 Å². The maximum atomic E-state index is 12.8. The van der Waals surface area contributed by atoms with Gasteiger partial charge in [-0.3, -0.25) is 9.10 Å². The van der Waals surface area contributed by atoms with E-state index in [1.54, 1.807) is 32.2 Å². The molecule has 0 N–H and O–H groups in total. The first-order valence-electron chi connectivity index (χ1n) is 9.26. The first kappa shape index (κ1) is 21.5. The fourth-order valence-corrected chi connectivity index (χ4v) is 3.60. The van der Waals surface area contributed by atoms with Crippen molar-refractivity contribution in [3.05, 3.63) is 65.0 Å². The van der Waals surface area contributed by atoms with Gasteiger partial charge in [0.1, 0.15) is 0 Å². The zero-order chi connectivity index (χ0) is 22.1. The van der Waals surface area contributed by atoms with Gasteiger partial charge in [-0.25, -0.2) is 8.42 Å². The molecule has 2 aromatic carbocycles. The van der Waals surface area contributed by atoms with Crippen LogP contribution in [0.1, 0.15) is 27.4 Å². The molecule has 0 saturated carbocycles. The maximum absolute atomic E-state index is 12.8. The molecule has 0 fully saturated rings. The van der Waals surface area contributed by atoms with Gasteiger partial charge in [-0.05, 0) is 43.7 Å². The third kappa shape index (κ3) is 4.68. The summed E-state index contributed by atoms with van der Waals surface area (Å²) in [6, 6.07) is 12.7. The van der Waals surface area contributed by atoms with E-state index in [0.29, 0.717) is 28.5 Å². The summed E-state index contributed by atoms with van der Waals surface area (Å²) < 4.78 is 30.0. The predicted octanol–water partition coefficient (Wildman–Crippen LogP) is 3.02. The highest BCUT2D eigenvalue weighted by Gasteiger charge is 2.19. The van der Waals surface area contributed by atoms with Crippen molar-refractivity contribution >= 4 is 21.6 Å². The maximum Gasteiger partial charge on any atom is 0.254 e. The number of sulfonamides is 1. The summed E-state index contributed by atoms with van der Waals surface area (Å²) in [5.41, 5.74) is 3.59. The van der Waals surface area contributed by atoms with Crippen molar-refractivity contribution in [2.24, 2.45) is 0 Å². The van der Waals surface area contributed by atoms with Crippen LogP contribution in [0.25, 0.3) is 11.4 Å². The largest absolute Gasteiger partial charge is 0.337 e. The second kappa shape index (κ2) is 8.27. The van der Waals surface area contributed by atoms with Gasteiger partial charge in [0.05, 0.1) is 18.5 Å². The Morgan fingerprint density at radius 3 is 2.47 bits per heavy atom. The third-order valence-corrected chi connectivity index (χ3v) is 5.94. The van der Waals surface area contributed by atoms with Crippen LogP contribution < -0.4 is 4.31 Å². The highest BCUT2D eigenvalue weighted by atomic mass is 32.2. The Balaban J connectivity index is 1.74. The van der Waals surface area contributed by atoms with Crippen LogP contribution >= 0.6 is 0 Å². The van der Waals surface area contributed by atoms with Crippen molar-refractivity contribution in [2.45, 2.75) is 20.4 Å². The number of carbonyl (C=O) groups is 1. The van der Waals surface area contributed by atoms with Crippen molar-refractivity contribution in [1.29, 1.82) is 0 Å². The average molecular weight is 429 g/mol. The highest BCUT2D eigenvalue weighted by molar-refractivity contribution is 7.92. The molecule has 0 bridgehead atoms. The minimum atomic E-state index is -3.38. The lowest BCUT2D eigenvalue weighted by molar-refractivity contribution is 0.0769. The van der Waals surface area contributed by atoms with Crippen LogP contribution in [0.3, 0.4) is 0 Å². The van der Waals surface area contributed by atoms with Gasteiger partial charge in [0.25, 0.3) is 5.91 Å². The molecule has 0 aliphatic carbocycles. The summed E-state index contributed by atoms with van der Waals surface area (Å²) in [4.78, 5) is 18.7. The summed E-state index contributed by atoms with van der Waals surface area (Å²) in [7, 11) is -0.259. The van der Waals surface area contributed by atoms with Crippen molar-refractivity contribution in [3.63, 3.8) is 0 Å². The normalized spacial score (nSPS) is 11.4. The molecule has 0 aliphatic heterocycles. The van der Waals surface area contributed by atoms with E-state index in [-0.39, 0.29) is 12.5 Å². The molecule has 9 heteroatoms. The molecule has 3 rings (SSSR count). The first-order chi connectivity index (χ1) is 14.1. The Morgan fingerprint density at radius 2 is 1.83 bits per heavy atom. The molecular weight excluding hydrogens is 404 g/mol. The van der Waals surface area contributed by atoms with Gasteiger partial charge in [0.15, 0.2) is 0 Å². The number of nitrogens with zero attached hydrogens (tertiary/aromatic N) is 4. The summed E-state index contributed by atoms with van der Waals surface area (Å²) in [6.45, 7) is 3.90. The highest BCUT2D eigenvalue weighted by Crippen LogP contribution is 2.23. The Labute approximate surface area is 176 Å². The molecule has 158 valence electrons. The third-order valence-electron chi connectivity index (χ3n) is 4.74.